The van der Waals surface area contributed by atoms with E-state index in [2.05, 4.69) is 41.3 Å². The molecule has 0 saturated heterocycles. The maximum Gasteiger partial charge on any atom is 0.265 e. The molecule has 0 spiro atoms. The van der Waals surface area contributed by atoms with Crippen molar-refractivity contribution in [3.05, 3.63) is 74.7 Å². The standard InChI is InChI=1S/C21H20Br2N2O5S2/c1-13-10-15(4-7-18(13)22)24-31(26,27)17-6-9-20(30-3)21(12-17)32(28,29)25-16-5-8-19(23)14(2)11-16/h4-12,24-25H,1-3H3. The molecular weight excluding hydrogens is 584 g/mol. The Morgan fingerprint density at radius 1 is 0.719 bits per heavy atom. The second kappa shape index (κ2) is 9.42. The van der Waals surface area contributed by atoms with Gasteiger partial charge in [-0.2, -0.15) is 0 Å². The lowest BCUT2D eigenvalue weighted by molar-refractivity contribution is 0.402. The fourth-order valence-electron chi connectivity index (χ4n) is 2.87. The number of nitrogens with one attached hydrogen (secondary N) is 2. The van der Waals surface area contributed by atoms with Crippen LogP contribution in [0, 0.1) is 13.8 Å². The van der Waals surface area contributed by atoms with Gasteiger partial charge in [0.05, 0.1) is 12.0 Å². The van der Waals surface area contributed by atoms with Gasteiger partial charge in [-0.3, -0.25) is 9.44 Å². The number of hydrogen-bond acceptors (Lipinski definition) is 5. The van der Waals surface area contributed by atoms with Gasteiger partial charge in [0, 0.05) is 20.3 Å². The van der Waals surface area contributed by atoms with E-state index in [0.29, 0.717) is 11.4 Å². The van der Waals surface area contributed by atoms with E-state index in [1.807, 2.05) is 13.8 Å². The van der Waals surface area contributed by atoms with Gasteiger partial charge in [0.25, 0.3) is 20.0 Å². The molecule has 0 saturated carbocycles. The lowest BCUT2D eigenvalue weighted by Crippen LogP contribution is -2.17. The van der Waals surface area contributed by atoms with E-state index < -0.39 is 20.0 Å². The molecule has 0 aliphatic rings. The van der Waals surface area contributed by atoms with Gasteiger partial charge in [0.15, 0.2) is 0 Å². The number of benzene rings is 3. The fraction of sp³-hybridized carbons (Fsp3) is 0.143. The highest BCUT2D eigenvalue weighted by molar-refractivity contribution is 9.10. The zero-order chi connectivity index (χ0) is 23.7. The van der Waals surface area contributed by atoms with Crippen molar-refractivity contribution in [3.8, 4) is 5.75 Å². The predicted molar refractivity (Wildman–Crippen MR) is 132 cm³/mol. The second-order valence-electron chi connectivity index (χ2n) is 6.95. The Bertz CT molecular complexity index is 1390. The van der Waals surface area contributed by atoms with Crippen LogP contribution >= 0.6 is 31.9 Å². The van der Waals surface area contributed by atoms with E-state index in [9.17, 15) is 16.8 Å². The third-order valence-corrected chi connectivity index (χ3v) is 9.12. The Hall–Kier alpha value is -2.08. The van der Waals surface area contributed by atoms with Crippen LogP contribution in [0.2, 0.25) is 0 Å². The molecule has 0 aromatic heterocycles. The quantitative estimate of drug-likeness (QED) is 0.374. The normalized spacial score (nSPS) is 11.8. The summed E-state index contributed by atoms with van der Waals surface area (Å²) in [5.74, 6) is 0.0183. The number of ether oxygens (including phenoxy) is 1. The molecule has 0 aliphatic carbocycles. The van der Waals surface area contributed by atoms with E-state index in [1.54, 1.807) is 36.4 Å². The summed E-state index contributed by atoms with van der Waals surface area (Å²) in [5, 5.41) is 0. The topological polar surface area (TPSA) is 102 Å². The van der Waals surface area contributed by atoms with Crippen LogP contribution < -0.4 is 14.2 Å². The minimum absolute atomic E-state index is 0.0183. The SMILES string of the molecule is COc1ccc(S(=O)(=O)Nc2ccc(Br)c(C)c2)cc1S(=O)(=O)Nc1ccc(Br)c(C)c1. The van der Waals surface area contributed by atoms with Crippen molar-refractivity contribution in [2.45, 2.75) is 23.6 Å². The third-order valence-electron chi connectivity index (χ3n) is 4.56. The predicted octanol–water partition coefficient (Wildman–Crippen LogP) is 5.44. The van der Waals surface area contributed by atoms with E-state index in [4.69, 9.17) is 4.74 Å². The second-order valence-corrected chi connectivity index (χ2v) is 12.0. The van der Waals surface area contributed by atoms with Gasteiger partial charge in [-0.05, 0) is 79.6 Å². The summed E-state index contributed by atoms with van der Waals surface area (Å²) < 4.78 is 63.8. The summed E-state index contributed by atoms with van der Waals surface area (Å²) in [4.78, 5) is -0.512. The molecule has 0 radical (unpaired) electrons. The van der Waals surface area contributed by atoms with Gasteiger partial charge in [0.2, 0.25) is 0 Å². The van der Waals surface area contributed by atoms with E-state index in [0.717, 1.165) is 26.1 Å². The van der Waals surface area contributed by atoms with Gasteiger partial charge < -0.3 is 4.74 Å². The molecule has 3 rings (SSSR count). The largest absolute Gasteiger partial charge is 0.495 e. The minimum atomic E-state index is -4.14. The number of hydrogen-bond donors (Lipinski definition) is 2. The number of sulfonamides is 2. The summed E-state index contributed by atoms with van der Waals surface area (Å²) >= 11 is 6.74. The van der Waals surface area contributed by atoms with E-state index in [1.165, 1.54) is 19.2 Å². The highest BCUT2D eigenvalue weighted by Crippen LogP contribution is 2.30. The zero-order valence-electron chi connectivity index (χ0n) is 17.3. The van der Waals surface area contributed by atoms with Gasteiger partial charge in [-0.25, -0.2) is 16.8 Å². The van der Waals surface area contributed by atoms with Crippen LogP contribution in [0.1, 0.15) is 11.1 Å². The van der Waals surface area contributed by atoms with Gasteiger partial charge in [-0.15, -0.1) is 0 Å². The molecule has 0 heterocycles. The summed E-state index contributed by atoms with van der Waals surface area (Å²) in [6, 6.07) is 13.6. The molecule has 0 fully saturated rings. The monoisotopic (exact) mass is 602 g/mol. The first-order valence-corrected chi connectivity index (χ1v) is 13.7. The number of methoxy groups -OCH3 is 1. The van der Waals surface area contributed by atoms with Crippen LogP contribution in [-0.2, 0) is 20.0 Å². The molecule has 0 aliphatic heterocycles. The maximum atomic E-state index is 13.1. The Morgan fingerprint density at radius 3 is 1.69 bits per heavy atom. The molecule has 32 heavy (non-hydrogen) atoms. The highest BCUT2D eigenvalue weighted by atomic mass is 79.9. The molecule has 3 aromatic carbocycles. The van der Waals surface area contributed by atoms with E-state index >= 15 is 0 Å². The average Bonchev–Trinajstić information content (AvgIpc) is 2.72. The lowest BCUT2D eigenvalue weighted by Gasteiger charge is -2.15. The van der Waals surface area contributed by atoms with Crippen LogP contribution in [0.3, 0.4) is 0 Å². The Labute approximate surface area is 204 Å². The molecule has 0 unspecified atom stereocenters. The lowest BCUT2D eigenvalue weighted by atomic mass is 10.2. The molecule has 2 N–H and O–H groups in total. The first-order chi connectivity index (χ1) is 14.9. The zero-order valence-corrected chi connectivity index (χ0v) is 22.1. The molecule has 3 aromatic rings. The molecule has 0 bridgehead atoms. The average molecular weight is 604 g/mol. The smallest absolute Gasteiger partial charge is 0.265 e. The van der Waals surface area contributed by atoms with Crippen molar-refractivity contribution in [3.63, 3.8) is 0 Å². The molecular formula is C21H20Br2N2O5S2. The Balaban J connectivity index is 2.00. The van der Waals surface area contributed by atoms with Gasteiger partial charge >= 0.3 is 0 Å². The van der Waals surface area contributed by atoms with Crippen LogP contribution in [0.25, 0.3) is 0 Å². The van der Waals surface area contributed by atoms with Crippen molar-refractivity contribution in [2.24, 2.45) is 0 Å². The Morgan fingerprint density at radius 2 is 1.22 bits per heavy atom. The summed E-state index contributed by atoms with van der Waals surface area (Å²) in [6.45, 7) is 3.65. The molecule has 0 amide bonds. The van der Waals surface area contributed by atoms with Crippen LogP contribution in [0.4, 0.5) is 11.4 Å². The molecule has 170 valence electrons. The van der Waals surface area contributed by atoms with E-state index in [-0.39, 0.29) is 15.5 Å². The van der Waals surface area contributed by atoms with Crippen LogP contribution in [0.5, 0.6) is 5.75 Å². The summed E-state index contributed by atoms with van der Waals surface area (Å²) in [7, 11) is -6.88. The van der Waals surface area contributed by atoms with Crippen molar-refractivity contribution in [1.29, 1.82) is 0 Å². The summed E-state index contributed by atoms with van der Waals surface area (Å²) in [5.41, 5.74) is 2.37. The highest BCUT2D eigenvalue weighted by Gasteiger charge is 2.24. The summed E-state index contributed by atoms with van der Waals surface area (Å²) in [6.07, 6.45) is 0. The van der Waals surface area contributed by atoms with Crippen molar-refractivity contribution in [2.75, 3.05) is 16.6 Å². The van der Waals surface area contributed by atoms with Crippen molar-refractivity contribution in [1.82, 2.24) is 0 Å². The molecule has 7 nitrogen and oxygen atoms in total. The first-order valence-electron chi connectivity index (χ1n) is 9.19. The first kappa shape index (κ1) is 24.6. The van der Waals surface area contributed by atoms with Crippen molar-refractivity contribution >= 4 is 63.3 Å². The third kappa shape index (κ3) is 5.45. The molecule has 0 atom stereocenters. The number of anilines is 2. The Kier molecular flexibility index (Phi) is 7.23. The molecule has 11 heteroatoms. The minimum Gasteiger partial charge on any atom is -0.495 e. The van der Waals surface area contributed by atoms with Crippen LogP contribution in [-0.4, -0.2) is 23.9 Å². The number of rotatable bonds is 7. The number of halogens is 2. The van der Waals surface area contributed by atoms with Gasteiger partial charge in [0.1, 0.15) is 10.6 Å². The maximum absolute atomic E-state index is 13.1. The van der Waals surface area contributed by atoms with Crippen LogP contribution in [0.15, 0.2) is 73.3 Å². The van der Waals surface area contributed by atoms with Gasteiger partial charge in [-0.1, -0.05) is 31.9 Å². The van der Waals surface area contributed by atoms with Crippen molar-refractivity contribution < 1.29 is 21.6 Å². The fourth-order valence-corrected chi connectivity index (χ4v) is 5.76. The number of aryl methyl sites for hydroxylation is 2.